The summed E-state index contributed by atoms with van der Waals surface area (Å²) in [6, 6.07) is 5.72. The van der Waals surface area contributed by atoms with E-state index in [9.17, 15) is 9.59 Å². The van der Waals surface area contributed by atoms with E-state index in [2.05, 4.69) is 40.2 Å². The van der Waals surface area contributed by atoms with E-state index >= 15 is 0 Å². The summed E-state index contributed by atoms with van der Waals surface area (Å²) in [5.41, 5.74) is 0.708. The number of hydrogen-bond acceptors (Lipinski definition) is 3. The molecule has 0 spiro atoms. The number of carbonyl (C=O) groups excluding carboxylic acids is 1. The van der Waals surface area contributed by atoms with Crippen molar-refractivity contribution in [3.8, 4) is 0 Å². The number of hydrogen-bond donors (Lipinski definition) is 1. The third kappa shape index (κ3) is 3.70. The van der Waals surface area contributed by atoms with E-state index in [4.69, 9.17) is 0 Å². The molecule has 1 aromatic heterocycles. The minimum Gasteiger partial charge on any atom is -0.351 e. The highest BCUT2D eigenvalue weighted by molar-refractivity contribution is 9.10. The first-order valence-electron chi connectivity index (χ1n) is 9.18. The van der Waals surface area contributed by atoms with Gasteiger partial charge in [0.1, 0.15) is 6.54 Å². The fourth-order valence-corrected chi connectivity index (χ4v) is 4.15. The first-order valence-corrected chi connectivity index (χ1v) is 9.98. The lowest BCUT2D eigenvalue weighted by molar-refractivity contribution is -0.123. The van der Waals surface area contributed by atoms with Crippen molar-refractivity contribution in [1.82, 2.24) is 15.1 Å². The summed E-state index contributed by atoms with van der Waals surface area (Å²) in [6.45, 7) is 8.40. The molecule has 1 amide bonds. The van der Waals surface area contributed by atoms with E-state index in [1.807, 2.05) is 26.0 Å². The summed E-state index contributed by atoms with van der Waals surface area (Å²) in [4.78, 5) is 25.4. The summed E-state index contributed by atoms with van der Waals surface area (Å²) in [6.07, 6.45) is 3.22. The molecule has 1 N–H and O–H groups in total. The van der Waals surface area contributed by atoms with Crippen LogP contribution in [0.5, 0.6) is 0 Å². The first-order chi connectivity index (χ1) is 12.2. The zero-order chi connectivity index (χ0) is 19.1. The largest absolute Gasteiger partial charge is 0.351 e. The second-order valence-electron chi connectivity index (χ2n) is 8.19. The van der Waals surface area contributed by atoms with Crippen LogP contribution in [0.25, 0.3) is 10.8 Å². The molecule has 0 saturated heterocycles. The molecule has 1 aliphatic carbocycles. The topological polar surface area (TPSA) is 64.0 Å². The molecule has 2 aromatic rings. The Morgan fingerprint density at radius 2 is 2.12 bits per heavy atom. The van der Waals surface area contributed by atoms with E-state index in [0.717, 1.165) is 34.8 Å². The van der Waals surface area contributed by atoms with Crippen LogP contribution < -0.4 is 10.9 Å². The molecule has 1 atom stereocenters. The molecule has 5 nitrogen and oxygen atoms in total. The van der Waals surface area contributed by atoms with Gasteiger partial charge >= 0.3 is 0 Å². The molecular weight excluding hydrogens is 394 g/mol. The van der Waals surface area contributed by atoms with Gasteiger partial charge in [0.2, 0.25) is 5.91 Å². The molecule has 3 rings (SSSR count). The highest BCUT2D eigenvalue weighted by Crippen LogP contribution is 2.37. The molecular formula is C20H26BrN3O2. The van der Waals surface area contributed by atoms with Gasteiger partial charge in [0.05, 0.1) is 11.1 Å². The first kappa shape index (κ1) is 19.1. The van der Waals surface area contributed by atoms with Gasteiger partial charge < -0.3 is 5.32 Å². The Morgan fingerprint density at radius 1 is 1.38 bits per heavy atom. The SMILES string of the molecule is CC(C)c1nn(CC(=O)N[C@@H]2CCCC2(C)C)c(=O)c2ccc(Br)cc12. The van der Waals surface area contributed by atoms with Gasteiger partial charge in [-0.1, -0.05) is 50.0 Å². The Morgan fingerprint density at radius 3 is 2.73 bits per heavy atom. The molecule has 6 heteroatoms. The number of amides is 1. The number of carbonyl (C=O) groups is 1. The molecule has 1 heterocycles. The summed E-state index contributed by atoms with van der Waals surface area (Å²) < 4.78 is 2.22. The van der Waals surface area contributed by atoms with Crippen LogP contribution in [-0.2, 0) is 11.3 Å². The number of nitrogens with zero attached hydrogens (tertiary/aromatic N) is 2. The zero-order valence-corrected chi connectivity index (χ0v) is 17.4. The van der Waals surface area contributed by atoms with Gasteiger partial charge in [-0.2, -0.15) is 5.10 Å². The highest BCUT2D eigenvalue weighted by Gasteiger charge is 2.35. The monoisotopic (exact) mass is 419 g/mol. The lowest BCUT2D eigenvalue weighted by atomic mass is 9.87. The summed E-state index contributed by atoms with van der Waals surface area (Å²) in [7, 11) is 0. The fraction of sp³-hybridized carbons (Fsp3) is 0.550. The molecule has 0 aliphatic heterocycles. The highest BCUT2D eigenvalue weighted by atomic mass is 79.9. The standard InChI is InChI=1S/C20H26BrN3O2/c1-12(2)18-15-10-13(21)7-8-14(15)19(26)24(23-18)11-17(25)22-16-6-5-9-20(16,3)4/h7-8,10,12,16H,5-6,9,11H2,1-4H3,(H,22,25)/t16-/m1/s1. The lowest BCUT2D eigenvalue weighted by Crippen LogP contribution is -2.44. The maximum absolute atomic E-state index is 12.8. The number of nitrogens with one attached hydrogen (secondary N) is 1. The van der Waals surface area contributed by atoms with E-state index in [1.54, 1.807) is 6.07 Å². The predicted molar refractivity (Wildman–Crippen MR) is 107 cm³/mol. The van der Waals surface area contributed by atoms with Gasteiger partial charge in [-0.05, 0) is 42.4 Å². The summed E-state index contributed by atoms with van der Waals surface area (Å²) in [5.74, 6) is 0.00113. The Balaban J connectivity index is 1.93. The van der Waals surface area contributed by atoms with Crippen LogP contribution in [0.1, 0.15) is 58.6 Å². The van der Waals surface area contributed by atoms with Crippen molar-refractivity contribution in [1.29, 1.82) is 0 Å². The van der Waals surface area contributed by atoms with Gasteiger partial charge in [-0.3, -0.25) is 9.59 Å². The maximum Gasteiger partial charge on any atom is 0.275 e. The molecule has 26 heavy (non-hydrogen) atoms. The molecule has 1 saturated carbocycles. The second kappa shape index (κ2) is 7.14. The number of fused-ring (bicyclic) bond motifs is 1. The van der Waals surface area contributed by atoms with Crippen LogP contribution in [0.4, 0.5) is 0 Å². The average molecular weight is 420 g/mol. The Kier molecular flexibility index (Phi) is 5.24. The van der Waals surface area contributed by atoms with E-state index in [0.29, 0.717) is 5.39 Å². The van der Waals surface area contributed by atoms with Gasteiger partial charge in [-0.25, -0.2) is 4.68 Å². The number of benzene rings is 1. The zero-order valence-electron chi connectivity index (χ0n) is 15.8. The van der Waals surface area contributed by atoms with Gasteiger partial charge in [0.15, 0.2) is 0 Å². The van der Waals surface area contributed by atoms with Crippen LogP contribution in [0.3, 0.4) is 0 Å². The van der Waals surface area contributed by atoms with Crippen molar-refractivity contribution < 1.29 is 4.79 Å². The van der Waals surface area contributed by atoms with Crippen LogP contribution in [0.2, 0.25) is 0 Å². The molecule has 140 valence electrons. The average Bonchev–Trinajstić information content (AvgIpc) is 2.88. The molecule has 1 aliphatic rings. The Labute approximate surface area is 162 Å². The van der Waals surface area contributed by atoms with Crippen molar-refractivity contribution in [3.63, 3.8) is 0 Å². The van der Waals surface area contributed by atoms with Crippen molar-refractivity contribution in [2.24, 2.45) is 5.41 Å². The van der Waals surface area contributed by atoms with Crippen LogP contribution in [0, 0.1) is 5.41 Å². The molecule has 0 unspecified atom stereocenters. The Hall–Kier alpha value is -1.69. The molecule has 1 aromatic carbocycles. The van der Waals surface area contributed by atoms with Crippen LogP contribution >= 0.6 is 15.9 Å². The molecule has 0 radical (unpaired) electrons. The smallest absolute Gasteiger partial charge is 0.275 e. The Bertz CT molecular complexity index is 902. The normalized spacial score (nSPS) is 19.2. The molecule has 0 bridgehead atoms. The van der Waals surface area contributed by atoms with Crippen molar-refractivity contribution in [3.05, 3.63) is 38.7 Å². The number of halogens is 1. The van der Waals surface area contributed by atoms with E-state index in [-0.39, 0.29) is 35.4 Å². The predicted octanol–water partition coefficient (Wildman–Crippen LogP) is 3.98. The fourth-order valence-electron chi connectivity index (χ4n) is 3.79. The summed E-state index contributed by atoms with van der Waals surface area (Å²) in [5, 5.41) is 9.06. The number of aromatic nitrogens is 2. The van der Waals surface area contributed by atoms with Crippen molar-refractivity contribution >= 4 is 32.6 Å². The van der Waals surface area contributed by atoms with Crippen LogP contribution in [0.15, 0.2) is 27.5 Å². The van der Waals surface area contributed by atoms with Gasteiger partial charge in [0, 0.05) is 15.9 Å². The van der Waals surface area contributed by atoms with Crippen molar-refractivity contribution in [2.45, 2.75) is 65.5 Å². The maximum atomic E-state index is 12.8. The van der Waals surface area contributed by atoms with E-state index in [1.165, 1.54) is 4.68 Å². The third-order valence-corrected chi connectivity index (χ3v) is 5.88. The third-order valence-electron chi connectivity index (χ3n) is 5.38. The minimum atomic E-state index is -0.224. The van der Waals surface area contributed by atoms with E-state index < -0.39 is 0 Å². The van der Waals surface area contributed by atoms with Crippen LogP contribution in [-0.4, -0.2) is 21.7 Å². The van der Waals surface area contributed by atoms with Gasteiger partial charge in [-0.15, -0.1) is 0 Å². The molecule has 1 fully saturated rings. The lowest BCUT2D eigenvalue weighted by Gasteiger charge is -2.27. The quantitative estimate of drug-likeness (QED) is 0.814. The summed E-state index contributed by atoms with van der Waals surface area (Å²) >= 11 is 3.46. The minimum absolute atomic E-state index is 0.0445. The number of rotatable bonds is 4. The van der Waals surface area contributed by atoms with Crippen molar-refractivity contribution in [2.75, 3.05) is 0 Å². The second-order valence-corrected chi connectivity index (χ2v) is 9.11. The van der Waals surface area contributed by atoms with Gasteiger partial charge in [0.25, 0.3) is 5.56 Å².